The lowest BCUT2D eigenvalue weighted by atomic mass is 10.0. The van der Waals surface area contributed by atoms with E-state index in [1.807, 2.05) is 0 Å². The van der Waals surface area contributed by atoms with Gasteiger partial charge in [-0.05, 0) is 34.1 Å². The number of aromatic nitrogens is 3. The van der Waals surface area contributed by atoms with Crippen molar-refractivity contribution in [3.8, 4) is 11.3 Å². The maximum atomic E-state index is 13.1. The molecule has 0 aliphatic heterocycles. The van der Waals surface area contributed by atoms with Crippen molar-refractivity contribution in [1.29, 1.82) is 0 Å². The summed E-state index contributed by atoms with van der Waals surface area (Å²) < 4.78 is 41.0. The Kier molecular flexibility index (Phi) is 3.41. The highest BCUT2D eigenvalue weighted by molar-refractivity contribution is 9.10. The molecule has 0 saturated heterocycles. The maximum absolute atomic E-state index is 13.1. The van der Waals surface area contributed by atoms with Gasteiger partial charge < -0.3 is 0 Å². The lowest BCUT2D eigenvalue weighted by Gasteiger charge is -2.11. The van der Waals surface area contributed by atoms with Crippen molar-refractivity contribution in [2.75, 3.05) is 0 Å². The number of imidazole rings is 1. The van der Waals surface area contributed by atoms with Crippen LogP contribution in [-0.4, -0.2) is 14.6 Å². The minimum atomic E-state index is -4.46. The van der Waals surface area contributed by atoms with Crippen LogP contribution in [0.15, 0.2) is 41.0 Å². The van der Waals surface area contributed by atoms with Crippen molar-refractivity contribution in [2.45, 2.75) is 6.18 Å². The van der Waals surface area contributed by atoms with E-state index < -0.39 is 11.7 Å². The van der Waals surface area contributed by atoms with Crippen molar-refractivity contribution in [3.05, 3.63) is 51.7 Å². The Morgan fingerprint density at radius 3 is 2.52 bits per heavy atom. The molecule has 0 N–H and O–H groups in total. The van der Waals surface area contributed by atoms with Crippen LogP contribution < -0.4 is 0 Å². The van der Waals surface area contributed by atoms with E-state index in [1.165, 1.54) is 28.8 Å². The summed E-state index contributed by atoms with van der Waals surface area (Å²) in [5, 5.41) is 4.22. The Bertz CT molecular complexity index is 829. The molecular formula is C13H6BrClF3N3. The molecule has 3 nitrogen and oxygen atoms in total. The quantitative estimate of drug-likeness (QED) is 0.609. The summed E-state index contributed by atoms with van der Waals surface area (Å²) in [7, 11) is 0. The summed E-state index contributed by atoms with van der Waals surface area (Å²) in [6, 6.07) is 8.37. The van der Waals surface area contributed by atoms with Gasteiger partial charge in [-0.2, -0.15) is 18.3 Å². The summed E-state index contributed by atoms with van der Waals surface area (Å²) in [6.07, 6.45) is -4.46. The molecule has 2 heterocycles. The van der Waals surface area contributed by atoms with Gasteiger partial charge in [-0.25, -0.2) is 9.50 Å². The molecule has 3 aromatic rings. The van der Waals surface area contributed by atoms with Gasteiger partial charge in [0.15, 0.2) is 5.65 Å². The molecule has 0 bridgehead atoms. The first-order valence-electron chi connectivity index (χ1n) is 5.75. The number of rotatable bonds is 1. The van der Waals surface area contributed by atoms with Crippen LogP contribution in [-0.2, 0) is 6.18 Å². The molecular weight excluding hydrogens is 371 g/mol. The van der Waals surface area contributed by atoms with E-state index in [0.29, 0.717) is 10.3 Å². The van der Waals surface area contributed by atoms with Crippen LogP contribution in [0, 0.1) is 0 Å². The molecule has 21 heavy (non-hydrogen) atoms. The minimum absolute atomic E-state index is 0.0153. The van der Waals surface area contributed by atoms with Gasteiger partial charge in [-0.3, -0.25) is 0 Å². The molecule has 0 aliphatic carbocycles. The molecule has 3 rings (SSSR count). The fourth-order valence-corrected chi connectivity index (χ4v) is 2.69. The van der Waals surface area contributed by atoms with Crippen LogP contribution in [0.1, 0.15) is 5.56 Å². The van der Waals surface area contributed by atoms with Gasteiger partial charge in [0.05, 0.1) is 5.56 Å². The third-order valence-corrected chi connectivity index (χ3v) is 3.79. The monoisotopic (exact) mass is 375 g/mol. The lowest BCUT2D eigenvalue weighted by molar-refractivity contribution is -0.137. The fourth-order valence-electron chi connectivity index (χ4n) is 1.99. The number of benzene rings is 1. The van der Waals surface area contributed by atoms with Gasteiger partial charge >= 0.3 is 6.18 Å². The molecule has 2 aromatic heterocycles. The predicted molar refractivity (Wildman–Crippen MR) is 76.1 cm³/mol. The highest BCUT2D eigenvalue weighted by atomic mass is 79.9. The van der Waals surface area contributed by atoms with Crippen LogP contribution in [0.4, 0.5) is 13.2 Å². The predicted octanol–water partition coefficient (Wildman–Crippen LogP) is 4.83. The van der Waals surface area contributed by atoms with Crippen LogP contribution in [0.25, 0.3) is 16.9 Å². The van der Waals surface area contributed by atoms with Crippen molar-refractivity contribution in [2.24, 2.45) is 0 Å². The second-order valence-corrected chi connectivity index (χ2v) is 5.36. The molecule has 0 atom stereocenters. The van der Waals surface area contributed by atoms with Gasteiger partial charge in [0.25, 0.3) is 0 Å². The first-order valence-corrected chi connectivity index (χ1v) is 6.92. The Labute approximate surface area is 130 Å². The van der Waals surface area contributed by atoms with E-state index in [1.54, 1.807) is 6.07 Å². The number of fused-ring (bicyclic) bond motifs is 1. The van der Waals surface area contributed by atoms with Crippen LogP contribution in [0.5, 0.6) is 0 Å². The number of hydrogen-bond acceptors (Lipinski definition) is 2. The summed E-state index contributed by atoms with van der Waals surface area (Å²) in [4.78, 5) is 4.19. The smallest absolute Gasteiger partial charge is 0.226 e. The molecule has 0 radical (unpaired) electrons. The van der Waals surface area contributed by atoms with Crippen molar-refractivity contribution >= 4 is 33.2 Å². The maximum Gasteiger partial charge on any atom is 0.417 e. The Balaban J connectivity index is 2.29. The van der Waals surface area contributed by atoms with Gasteiger partial charge in [-0.1, -0.05) is 29.8 Å². The third kappa shape index (κ3) is 2.51. The van der Waals surface area contributed by atoms with Crippen molar-refractivity contribution in [1.82, 2.24) is 14.6 Å². The Morgan fingerprint density at radius 2 is 1.81 bits per heavy atom. The lowest BCUT2D eigenvalue weighted by Crippen LogP contribution is -2.07. The number of alkyl halides is 3. The minimum Gasteiger partial charge on any atom is -0.226 e. The first-order chi connectivity index (χ1) is 9.88. The molecule has 0 aliphatic rings. The number of halogens is 5. The second kappa shape index (κ2) is 4.99. The van der Waals surface area contributed by atoms with Gasteiger partial charge in [0.1, 0.15) is 15.5 Å². The van der Waals surface area contributed by atoms with E-state index in [2.05, 4.69) is 26.0 Å². The Morgan fingerprint density at radius 1 is 1.10 bits per heavy atom. The van der Waals surface area contributed by atoms with Crippen LogP contribution in [0.3, 0.4) is 0 Å². The number of hydrogen-bond donors (Lipinski definition) is 0. The van der Waals surface area contributed by atoms with Gasteiger partial charge in [-0.15, -0.1) is 0 Å². The van der Waals surface area contributed by atoms with E-state index in [9.17, 15) is 13.2 Å². The summed E-state index contributed by atoms with van der Waals surface area (Å²) in [5.74, 6) is 0. The zero-order valence-corrected chi connectivity index (χ0v) is 12.5. The van der Waals surface area contributed by atoms with E-state index in [0.717, 1.165) is 6.07 Å². The molecule has 0 amide bonds. The van der Waals surface area contributed by atoms with Crippen LogP contribution in [0.2, 0.25) is 5.15 Å². The zero-order chi connectivity index (χ0) is 15.2. The van der Waals surface area contributed by atoms with E-state index >= 15 is 0 Å². The number of nitrogens with zero attached hydrogens (tertiary/aromatic N) is 3. The van der Waals surface area contributed by atoms with Gasteiger partial charge in [0.2, 0.25) is 0 Å². The average Bonchev–Trinajstić information content (AvgIpc) is 2.75. The van der Waals surface area contributed by atoms with E-state index in [4.69, 9.17) is 11.6 Å². The summed E-state index contributed by atoms with van der Waals surface area (Å²) in [5.41, 5.74) is -0.199. The highest BCUT2D eigenvalue weighted by Crippen LogP contribution is 2.39. The van der Waals surface area contributed by atoms with Crippen molar-refractivity contribution in [3.63, 3.8) is 0 Å². The second-order valence-electron chi connectivity index (χ2n) is 4.22. The van der Waals surface area contributed by atoms with Gasteiger partial charge in [0, 0.05) is 5.56 Å². The third-order valence-electron chi connectivity index (χ3n) is 2.88. The largest absolute Gasteiger partial charge is 0.417 e. The molecule has 0 unspecified atom stereocenters. The summed E-state index contributed by atoms with van der Waals surface area (Å²) >= 11 is 9.02. The normalized spacial score (nSPS) is 12.0. The average molecular weight is 377 g/mol. The molecule has 1 aromatic carbocycles. The highest BCUT2D eigenvalue weighted by Gasteiger charge is 2.34. The molecule has 8 heteroatoms. The Hall–Kier alpha value is -1.60. The van der Waals surface area contributed by atoms with Crippen LogP contribution >= 0.6 is 27.5 Å². The standard InChI is InChI=1S/C13H6BrClF3N3/c14-12-11(19-10-6-5-9(15)20-21(10)12)7-3-1-2-4-8(7)13(16,17)18/h1-6H. The van der Waals surface area contributed by atoms with Crippen molar-refractivity contribution < 1.29 is 13.2 Å². The fraction of sp³-hybridized carbons (Fsp3) is 0.0769. The van der Waals surface area contributed by atoms with E-state index in [-0.39, 0.29) is 16.4 Å². The molecule has 0 spiro atoms. The molecule has 108 valence electrons. The molecule has 0 fully saturated rings. The molecule has 0 saturated carbocycles. The summed E-state index contributed by atoms with van der Waals surface area (Å²) in [6.45, 7) is 0. The first kappa shape index (κ1) is 14.3. The topological polar surface area (TPSA) is 30.2 Å². The SMILES string of the molecule is FC(F)(F)c1ccccc1-c1nc2ccc(Cl)nn2c1Br. The zero-order valence-electron chi connectivity index (χ0n) is 10.2.